The summed E-state index contributed by atoms with van der Waals surface area (Å²) >= 11 is 0. The number of rotatable bonds is 0. The Labute approximate surface area is 50.7 Å². The summed E-state index contributed by atoms with van der Waals surface area (Å²) in [6, 6.07) is 0. The van der Waals surface area contributed by atoms with E-state index >= 15 is 0 Å². The molecule has 0 aliphatic carbocycles. The van der Waals surface area contributed by atoms with E-state index < -0.39 is 0 Å². The Bertz CT molecular complexity index is 41.4. The molecule has 0 rings (SSSR count). The van der Waals surface area contributed by atoms with E-state index in [-0.39, 0.29) is 17.1 Å². The van der Waals surface area contributed by atoms with E-state index in [2.05, 4.69) is 13.3 Å². The van der Waals surface area contributed by atoms with Crippen molar-refractivity contribution in [1.82, 2.24) is 0 Å². The van der Waals surface area contributed by atoms with Gasteiger partial charge in [0.2, 0.25) is 0 Å². The third-order valence-electron chi connectivity index (χ3n) is 0. The Balaban J connectivity index is -0.00000000900. The maximum atomic E-state index is 7.50. The van der Waals surface area contributed by atoms with Crippen LogP contribution in [0.5, 0.6) is 0 Å². The van der Waals surface area contributed by atoms with Gasteiger partial charge in [0.15, 0.2) is 0 Å². The largest absolute Gasteiger partial charge is 3.00 e. The van der Waals surface area contributed by atoms with Crippen molar-refractivity contribution in [1.29, 1.82) is 5.46 Å². The Morgan fingerprint density at radius 3 is 0.857 bits per heavy atom. The molecule has 0 fully saturated rings. The summed E-state index contributed by atoms with van der Waals surface area (Å²) in [4.78, 5) is 0. The standard InChI is InChI=1S/2CO.Mn.NO/c2*1-2;;1-2/q;;+3;+1. The third kappa shape index (κ3) is 699. The minimum Gasteiger partial charge on any atom is 3.00 e. The maximum absolute atomic E-state index is 7.50. The second-order valence-electron chi connectivity index (χ2n) is 0. The van der Waals surface area contributed by atoms with Gasteiger partial charge in [0.1, 0.15) is 0 Å². The van der Waals surface area contributed by atoms with Gasteiger partial charge in [0.05, 0.1) is 0 Å². The maximum Gasteiger partial charge on any atom is 3.00 e. The van der Waals surface area contributed by atoms with Crippen LogP contribution in [0.4, 0.5) is 0 Å². The van der Waals surface area contributed by atoms with Gasteiger partial charge in [-0.1, -0.05) is 0 Å². The molecule has 0 amide bonds. The van der Waals surface area contributed by atoms with Gasteiger partial charge in [-0.3, -0.25) is 0 Å². The van der Waals surface area contributed by atoms with E-state index in [0.717, 1.165) is 0 Å². The van der Waals surface area contributed by atoms with Gasteiger partial charge in [0, 0.05) is 0 Å². The predicted molar refractivity (Wildman–Crippen MR) is 10.3 cm³/mol. The summed E-state index contributed by atoms with van der Waals surface area (Å²) in [6.07, 6.45) is 0. The number of hydrogen-bond acceptors (Lipinski definition) is 1. The van der Waals surface area contributed by atoms with Crippen molar-refractivity contribution in [3.8, 4) is 0 Å². The fourth-order valence-electron chi connectivity index (χ4n) is 0. The van der Waals surface area contributed by atoms with Gasteiger partial charge >= 0.3 is 49.9 Å². The molecule has 0 aromatic carbocycles. The average Bonchev–Trinajstić information content (AvgIpc) is 1.81. The number of hydrogen-bond donors (Lipinski definition) is 0. The molecule has 0 bridgehead atoms. The fourth-order valence-corrected chi connectivity index (χ4v) is 0. The molecular formula is C2MnNO3+4. The Morgan fingerprint density at radius 1 is 0.857 bits per heavy atom. The summed E-state index contributed by atoms with van der Waals surface area (Å²) in [5.41, 5.74) is 5.75. The van der Waals surface area contributed by atoms with Crippen LogP contribution in [0.2, 0.25) is 0 Å². The van der Waals surface area contributed by atoms with Gasteiger partial charge in [-0.25, -0.2) is 0 Å². The van der Waals surface area contributed by atoms with Crippen LogP contribution in [-0.2, 0) is 31.1 Å². The SMILES string of the molecule is N#[O+].[C-]#[O+].[C-]#[O+].[Mn+3]. The summed E-state index contributed by atoms with van der Waals surface area (Å²) in [7, 11) is 0. The summed E-state index contributed by atoms with van der Waals surface area (Å²) < 4.78 is 22.2. The van der Waals surface area contributed by atoms with Gasteiger partial charge in [-0.2, -0.15) is 0 Å². The van der Waals surface area contributed by atoms with E-state index in [4.69, 9.17) is 19.5 Å². The zero-order valence-corrected chi connectivity index (χ0v) is 4.23. The van der Waals surface area contributed by atoms with Gasteiger partial charge < -0.3 is 0 Å². The zero-order valence-electron chi connectivity index (χ0n) is 3.05. The first-order valence-electron chi connectivity index (χ1n) is 0.591. The van der Waals surface area contributed by atoms with E-state index in [0.29, 0.717) is 0 Å². The first-order valence-corrected chi connectivity index (χ1v) is 0.591. The molecule has 0 N–H and O–H groups in total. The molecule has 0 aliphatic heterocycles. The van der Waals surface area contributed by atoms with E-state index in [1.165, 1.54) is 0 Å². The molecule has 0 spiro atoms. The average molecular weight is 141 g/mol. The second-order valence-corrected chi connectivity index (χ2v) is 0. The first kappa shape index (κ1) is 30.1. The van der Waals surface area contributed by atoms with E-state index in [1.807, 2.05) is 0 Å². The van der Waals surface area contributed by atoms with Gasteiger partial charge in [0.25, 0.3) is 0 Å². The molecule has 0 radical (unpaired) electrons. The monoisotopic (exact) mass is 141 g/mol. The van der Waals surface area contributed by atoms with Crippen LogP contribution < -0.4 is 0 Å². The number of nitrogens with zero attached hydrogens (tertiary/aromatic N) is 1. The molecule has 0 aliphatic rings. The molecule has 0 saturated heterocycles. The second kappa shape index (κ2) is 1130. The van der Waals surface area contributed by atoms with Crippen molar-refractivity contribution in [2.24, 2.45) is 0 Å². The van der Waals surface area contributed by atoms with Gasteiger partial charge in [-0.05, 0) is 0 Å². The molecule has 0 atom stereocenters. The van der Waals surface area contributed by atoms with E-state index in [9.17, 15) is 0 Å². The Morgan fingerprint density at radius 2 is 0.857 bits per heavy atom. The molecule has 34 valence electrons. The van der Waals surface area contributed by atoms with Gasteiger partial charge in [-0.15, -0.1) is 0 Å². The molecule has 0 unspecified atom stereocenters. The summed E-state index contributed by atoms with van der Waals surface area (Å²) in [5, 5.41) is 0. The Hall–Kier alpha value is -0.331. The quantitative estimate of drug-likeness (QED) is 0.261. The normalized spacial score (nSPS) is 0.857. The topological polar surface area (TPSA) is 83.5 Å². The van der Waals surface area contributed by atoms with Crippen LogP contribution in [0.25, 0.3) is 0 Å². The molecule has 0 aromatic heterocycles. The van der Waals surface area contributed by atoms with Crippen LogP contribution in [0.15, 0.2) is 0 Å². The molecular weight excluding hydrogens is 141 g/mol. The Kier molecular flexibility index (Phi) is 4860. The molecule has 4 nitrogen and oxygen atoms in total. The van der Waals surface area contributed by atoms with Crippen molar-refractivity contribution >= 4 is 0 Å². The van der Waals surface area contributed by atoms with Crippen molar-refractivity contribution in [2.45, 2.75) is 0 Å². The van der Waals surface area contributed by atoms with Crippen molar-refractivity contribution in [3.63, 3.8) is 0 Å². The molecule has 7 heavy (non-hydrogen) atoms. The van der Waals surface area contributed by atoms with Crippen LogP contribution in [0.1, 0.15) is 0 Å². The van der Waals surface area contributed by atoms with Crippen LogP contribution in [-0.4, -0.2) is 0 Å². The zero-order chi connectivity index (χ0) is 6.00. The third-order valence-corrected chi connectivity index (χ3v) is 0. The summed E-state index contributed by atoms with van der Waals surface area (Å²) in [5.74, 6) is 0. The van der Waals surface area contributed by atoms with Crippen molar-refractivity contribution in [3.05, 3.63) is 13.3 Å². The minimum absolute atomic E-state index is 0. The first-order chi connectivity index (χ1) is 3.00. The summed E-state index contributed by atoms with van der Waals surface area (Å²) in [6.45, 7) is 9.00. The molecule has 0 heterocycles. The van der Waals surface area contributed by atoms with Crippen LogP contribution >= 0.6 is 0 Å². The minimum atomic E-state index is 0. The smallest absolute Gasteiger partial charge is 3.00 e. The molecule has 5 heteroatoms. The van der Waals surface area contributed by atoms with Crippen LogP contribution in [0.3, 0.4) is 0 Å². The van der Waals surface area contributed by atoms with Crippen LogP contribution in [0, 0.1) is 18.8 Å². The van der Waals surface area contributed by atoms with Crippen molar-refractivity contribution in [2.75, 3.05) is 0 Å². The predicted octanol–water partition coefficient (Wildman–Crippen LogP) is -0.181. The fraction of sp³-hybridized carbons (Fsp3) is 0. The molecule has 0 aromatic rings. The van der Waals surface area contributed by atoms with E-state index in [1.54, 1.807) is 0 Å². The van der Waals surface area contributed by atoms with Crippen molar-refractivity contribution < 1.29 is 31.1 Å². The molecule has 0 saturated carbocycles.